The lowest BCUT2D eigenvalue weighted by atomic mass is 9.91. The van der Waals surface area contributed by atoms with Crippen LogP contribution in [0, 0.1) is 0 Å². The molecule has 1 aliphatic rings. The molecular weight excluding hydrogens is 161 g/mol. The second kappa shape index (κ2) is 2.58. The van der Waals surface area contributed by atoms with E-state index in [-0.39, 0.29) is 0 Å². The average Bonchev–Trinajstić information content (AvgIpc) is 2.68. The van der Waals surface area contributed by atoms with Gasteiger partial charge in [0.1, 0.15) is 0 Å². The molecule has 2 rings (SSSR count). The molecule has 1 aromatic heterocycles. The Morgan fingerprint density at radius 1 is 1.55 bits per heavy atom. The number of nitrogens with zero attached hydrogens (tertiary/aromatic N) is 1. The molecule has 1 heterocycles. The molecule has 1 aliphatic carbocycles. The maximum absolute atomic E-state index is 8.77. The molecule has 5 heteroatoms. The van der Waals surface area contributed by atoms with Gasteiger partial charge in [-0.2, -0.15) is 0 Å². The molecule has 0 unspecified atom stereocenters. The van der Waals surface area contributed by atoms with Crippen LogP contribution in [-0.4, -0.2) is 22.2 Å². The first-order chi connectivity index (χ1) is 5.27. The van der Waals surface area contributed by atoms with Crippen molar-refractivity contribution in [3.63, 3.8) is 0 Å². The van der Waals surface area contributed by atoms with E-state index in [2.05, 4.69) is 4.98 Å². The van der Waals surface area contributed by atoms with Crippen molar-refractivity contribution < 1.29 is 10.0 Å². The summed E-state index contributed by atoms with van der Waals surface area (Å²) in [6.07, 6.45) is 3.95. The molecule has 0 aliphatic heterocycles. The van der Waals surface area contributed by atoms with Crippen LogP contribution in [0.3, 0.4) is 0 Å². The maximum atomic E-state index is 8.77. The van der Waals surface area contributed by atoms with Crippen molar-refractivity contribution in [1.29, 1.82) is 0 Å². The Bertz CT molecular complexity index is 242. The van der Waals surface area contributed by atoms with Crippen LogP contribution in [0.25, 0.3) is 0 Å². The van der Waals surface area contributed by atoms with Gasteiger partial charge in [-0.1, -0.05) is 0 Å². The van der Waals surface area contributed by atoms with Crippen LogP contribution in [0.4, 0.5) is 0 Å². The minimum atomic E-state index is -1.35. The van der Waals surface area contributed by atoms with E-state index >= 15 is 0 Å². The van der Waals surface area contributed by atoms with E-state index in [4.69, 9.17) is 10.0 Å². The Kier molecular flexibility index (Phi) is 1.71. The summed E-state index contributed by atoms with van der Waals surface area (Å²) in [6, 6.07) is 0. The summed E-state index contributed by atoms with van der Waals surface area (Å²) in [5.41, 5.74) is 0. The van der Waals surface area contributed by atoms with Crippen LogP contribution >= 0.6 is 11.3 Å². The Labute approximate surface area is 68.9 Å². The average molecular weight is 169 g/mol. The van der Waals surface area contributed by atoms with Gasteiger partial charge in [-0.15, -0.1) is 11.3 Å². The number of thiazole rings is 1. The van der Waals surface area contributed by atoms with Gasteiger partial charge < -0.3 is 10.0 Å². The first-order valence-corrected chi connectivity index (χ1v) is 4.41. The summed E-state index contributed by atoms with van der Waals surface area (Å²) in [4.78, 5) is 4.10. The van der Waals surface area contributed by atoms with Crippen LogP contribution in [-0.2, 0) is 0 Å². The molecule has 1 saturated carbocycles. The summed E-state index contributed by atoms with van der Waals surface area (Å²) in [6.45, 7) is 0. The third-order valence-electron chi connectivity index (χ3n) is 1.72. The van der Waals surface area contributed by atoms with Crippen molar-refractivity contribution in [2.45, 2.75) is 18.8 Å². The summed E-state index contributed by atoms with van der Waals surface area (Å²) in [5, 5.41) is 18.6. The molecule has 3 nitrogen and oxygen atoms in total. The van der Waals surface area contributed by atoms with Gasteiger partial charge in [-0.05, 0) is 12.8 Å². The van der Waals surface area contributed by atoms with Gasteiger partial charge >= 0.3 is 7.12 Å². The first kappa shape index (κ1) is 7.27. The Morgan fingerprint density at radius 2 is 2.27 bits per heavy atom. The molecule has 0 amide bonds. The van der Waals surface area contributed by atoms with E-state index in [1.807, 2.05) is 0 Å². The highest BCUT2D eigenvalue weighted by atomic mass is 32.1. The predicted octanol–water partition coefficient (Wildman–Crippen LogP) is -0.300. The van der Waals surface area contributed by atoms with E-state index in [1.165, 1.54) is 24.2 Å². The van der Waals surface area contributed by atoms with Crippen molar-refractivity contribution in [3.8, 4) is 0 Å². The highest BCUT2D eigenvalue weighted by molar-refractivity contribution is 7.21. The van der Waals surface area contributed by atoms with Gasteiger partial charge in [0.25, 0.3) is 0 Å². The van der Waals surface area contributed by atoms with Crippen LogP contribution in [0.2, 0.25) is 0 Å². The smallest absolute Gasteiger partial charge is 0.423 e. The quantitative estimate of drug-likeness (QED) is 0.597. The number of hydrogen-bond donors (Lipinski definition) is 2. The monoisotopic (exact) mass is 169 g/mol. The zero-order valence-electron chi connectivity index (χ0n) is 5.90. The summed E-state index contributed by atoms with van der Waals surface area (Å²) < 4.78 is 0.548. The highest BCUT2D eigenvalue weighted by Crippen LogP contribution is 2.40. The molecule has 1 aromatic rings. The Morgan fingerprint density at radius 3 is 2.73 bits per heavy atom. The zero-order chi connectivity index (χ0) is 7.84. The fraction of sp³-hybridized carbons (Fsp3) is 0.500. The Balaban J connectivity index is 2.18. The second-order valence-corrected chi connectivity index (χ2v) is 3.84. The molecule has 0 aromatic carbocycles. The third kappa shape index (κ3) is 1.45. The van der Waals surface area contributed by atoms with E-state index in [1.54, 1.807) is 6.20 Å². The normalized spacial score (nSPS) is 16.9. The SMILES string of the molecule is OB(O)c1cnc(C2CC2)s1. The highest BCUT2D eigenvalue weighted by Gasteiger charge is 2.28. The van der Waals surface area contributed by atoms with Crippen LogP contribution in [0.5, 0.6) is 0 Å². The maximum Gasteiger partial charge on any atom is 0.500 e. The van der Waals surface area contributed by atoms with Crippen molar-refractivity contribution >= 4 is 23.2 Å². The van der Waals surface area contributed by atoms with Gasteiger partial charge in [-0.3, -0.25) is 0 Å². The molecule has 0 radical (unpaired) electrons. The molecule has 58 valence electrons. The van der Waals surface area contributed by atoms with Gasteiger partial charge in [-0.25, -0.2) is 4.98 Å². The van der Waals surface area contributed by atoms with E-state index in [9.17, 15) is 0 Å². The number of hydrogen-bond acceptors (Lipinski definition) is 4. The molecule has 2 N–H and O–H groups in total. The molecule has 0 atom stereocenters. The van der Waals surface area contributed by atoms with Crippen molar-refractivity contribution in [1.82, 2.24) is 4.98 Å². The van der Waals surface area contributed by atoms with Crippen LogP contribution in [0.15, 0.2) is 6.20 Å². The summed E-state index contributed by atoms with van der Waals surface area (Å²) in [5.74, 6) is 0.604. The van der Waals surface area contributed by atoms with Crippen molar-refractivity contribution in [2.24, 2.45) is 0 Å². The van der Waals surface area contributed by atoms with Crippen molar-refractivity contribution in [3.05, 3.63) is 11.2 Å². The van der Waals surface area contributed by atoms with Gasteiger partial charge in [0, 0.05) is 12.1 Å². The third-order valence-corrected chi connectivity index (χ3v) is 2.92. The molecule has 0 bridgehead atoms. The van der Waals surface area contributed by atoms with Gasteiger partial charge in [0.05, 0.1) is 9.78 Å². The molecule has 0 saturated heterocycles. The predicted molar refractivity (Wildman–Crippen MR) is 43.9 cm³/mol. The second-order valence-electron chi connectivity index (χ2n) is 2.75. The largest absolute Gasteiger partial charge is 0.500 e. The van der Waals surface area contributed by atoms with E-state index in [0.717, 1.165) is 5.01 Å². The van der Waals surface area contributed by atoms with Crippen LogP contribution in [0.1, 0.15) is 23.8 Å². The fourth-order valence-corrected chi connectivity index (χ4v) is 1.90. The molecule has 1 fully saturated rings. The Hall–Kier alpha value is -0.385. The lowest BCUT2D eigenvalue weighted by Crippen LogP contribution is -2.26. The molecule has 11 heavy (non-hydrogen) atoms. The summed E-state index contributed by atoms with van der Waals surface area (Å²) in [7, 11) is -1.35. The first-order valence-electron chi connectivity index (χ1n) is 3.59. The lowest BCUT2D eigenvalue weighted by molar-refractivity contribution is 0.427. The van der Waals surface area contributed by atoms with Gasteiger partial charge in [0.2, 0.25) is 0 Å². The zero-order valence-corrected chi connectivity index (χ0v) is 6.71. The minimum Gasteiger partial charge on any atom is -0.423 e. The fourth-order valence-electron chi connectivity index (χ4n) is 0.939. The van der Waals surface area contributed by atoms with E-state index < -0.39 is 7.12 Å². The minimum absolute atomic E-state index is 0.548. The van der Waals surface area contributed by atoms with Crippen molar-refractivity contribution in [2.75, 3.05) is 0 Å². The van der Waals surface area contributed by atoms with Gasteiger partial charge in [0.15, 0.2) is 0 Å². The number of rotatable bonds is 2. The summed E-state index contributed by atoms with van der Waals surface area (Å²) >= 11 is 1.40. The van der Waals surface area contributed by atoms with E-state index in [0.29, 0.717) is 10.7 Å². The standard InChI is InChI=1S/C6H8BNO2S/c9-7(10)5-3-8-6(11-5)4-1-2-4/h3-4,9-10H,1-2H2. The molecular formula is C6H8BNO2S. The topological polar surface area (TPSA) is 53.4 Å². The lowest BCUT2D eigenvalue weighted by Gasteiger charge is -1.88. The number of aromatic nitrogens is 1. The van der Waals surface area contributed by atoms with Crippen LogP contribution < -0.4 is 4.78 Å². The molecule has 0 spiro atoms.